The molecule has 0 aliphatic rings. The third-order valence-corrected chi connectivity index (χ3v) is 4.73. The summed E-state index contributed by atoms with van der Waals surface area (Å²) in [6.45, 7) is 0.350. The molecule has 4 aromatic rings. The summed E-state index contributed by atoms with van der Waals surface area (Å²) in [6.07, 6.45) is 1.68. The Morgan fingerprint density at radius 2 is 2.00 bits per heavy atom. The molecule has 0 fully saturated rings. The number of carbonyl (C=O) groups is 1. The highest BCUT2D eigenvalue weighted by molar-refractivity contribution is 7.13. The molecule has 7 heteroatoms. The van der Waals surface area contributed by atoms with Gasteiger partial charge in [0, 0.05) is 17.1 Å². The van der Waals surface area contributed by atoms with Crippen LogP contribution < -0.4 is 10.1 Å². The molecule has 0 unspecified atom stereocenters. The second-order valence-electron chi connectivity index (χ2n) is 5.70. The van der Waals surface area contributed by atoms with Crippen LogP contribution >= 0.6 is 11.3 Å². The van der Waals surface area contributed by atoms with Crippen molar-refractivity contribution in [1.82, 2.24) is 15.3 Å². The van der Waals surface area contributed by atoms with Crippen LogP contribution in [0.4, 0.5) is 4.39 Å². The van der Waals surface area contributed by atoms with Crippen molar-refractivity contribution in [2.45, 2.75) is 6.54 Å². The van der Waals surface area contributed by atoms with E-state index in [-0.39, 0.29) is 11.7 Å². The van der Waals surface area contributed by atoms with Crippen molar-refractivity contribution in [2.75, 3.05) is 0 Å². The van der Waals surface area contributed by atoms with Crippen LogP contribution in [-0.4, -0.2) is 15.9 Å². The Kier molecular flexibility index (Phi) is 4.76. The number of aromatic nitrogens is 2. The maximum atomic E-state index is 13.2. The molecule has 0 atom stereocenters. The van der Waals surface area contributed by atoms with Gasteiger partial charge >= 0.3 is 0 Å². The highest BCUT2D eigenvalue weighted by atomic mass is 32.1. The van der Waals surface area contributed by atoms with Gasteiger partial charge in [-0.1, -0.05) is 6.07 Å². The molecule has 1 N–H and O–H groups in total. The molecule has 0 bridgehead atoms. The summed E-state index contributed by atoms with van der Waals surface area (Å²) in [5.41, 5.74) is 1.75. The Morgan fingerprint density at radius 3 is 2.89 bits per heavy atom. The van der Waals surface area contributed by atoms with Gasteiger partial charge < -0.3 is 10.1 Å². The van der Waals surface area contributed by atoms with Crippen molar-refractivity contribution < 1.29 is 13.9 Å². The minimum Gasteiger partial charge on any atom is -0.447 e. The molecule has 5 nitrogen and oxygen atoms in total. The van der Waals surface area contributed by atoms with Gasteiger partial charge in [0.1, 0.15) is 17.3 Å². The third-order valence-electron chi connectivity index (χ3n) is 3.76. The van der Waals surface area contributed by atoms with Gasteiger partial charge in [-0.3, -0.25) is 9.78 Å². The van der Waals surface area contributed by atoms with Gasteiger partial charge in [-0.2, -0.15) is 0 Å². The van der Waals surface area contributed by atoms with Gasteiger partial charge in [-0.05, 0) is 48.5 Å². The lowest BCUT2D eigenvalue weighted by Crippen LogP contribution is -2.23. The molecule has 4 rings (SSSR count). The number of nitrogens with zero attached hydrogens (tertiary/aromatic N) is 2. The zero-order chi connectivity index (χ0) is 18.6. The van der Waals surface area contributed by atoms with Crippen LogP contribution in [0.5, 0.6) is 10.8 Å². The van der Waals surface area contributed by atoms with Crippen LogP contribution in [0, 0.1) is 5.82 Å². The van der Waals surface area contributed by atoms with Crippen molar-refractivity contribution >= 4 is 28.3 Å². The minimum atomic E-state index is -0.352. The average Bonchev–Trinajstić information content (AvgIpc) is 3.13. The summed E-state index contributed by atoms with van der Waals surface area (Å²) in [4.78, 5) is 21.8. The normalized spacial score (nSPS) is 10.7. The largest absolute Gasteiger partial charge is 0.447 e. The van der Waals surface area contributed by atoms with Crippen LogP contribution in [0.1, 0.15) is 15.4 Å². The summed E-state index contributed by atoms with van der Waals surface area (Å²) in [5, 5.41) is 3.46. The lowest BCUT2D eigenvalue weighted by atomic mass is 10.2. The van der Waals surface area contributed by atoms with E-state index in [4.69, 9.17) is 4.74 Å². The maximum Gasteiger partial charge on any atom is 0.270 e. The van der Waals surface area contributed by atoms with E-state index < -0.39 is 0 Å². The number of rotatable bonds is 5. The van der Waals surface area contributed by atoms with Gasteiger partial charge in [0.15, 0.2) is 5.06 Å². The number of carbonyl (C=O) groups excluding carboxylic acids is 1. The van der Waals surface area contributed by atoms with Crippen LogP contribution in [0.25, 0.3) is 11.0 Å². The second kappa shape index (κ2) is 7.51. The number of fused-ring (bicyclic) bond motifs is 1. The van der Waals surface area contributed by atoms with Crippen molar-refractivity contribution in [3.05, 3.63) is 83.2 Å². The van der Waals surface area contributed by atoms with Crippen LogP contribution in [0.15, 0.2) is 66.9 Å². The standard InChI is InChI=1S/C20H14FN3O2S/c21-13-3-1-4-14(11-13)26-19-9-6-15(27-19)12-23-20(25)18-8-7-16-17(24-18)5-2-10-22-16/h1-11H,12H2,(H,23,25). The molecular weight excluding hydrogens is 365 g/mol. The fourth-order valence-corrected chi connectivity index (χ4v) is 3.31. The Bertz CT molecular complexity index is 1110. The Hall–Kier alpha value is -3.32. The summed E-state index contributed by atoms with van der Waals surface area (Å²) < 4.78 is 18.8. The fourth-order valence-electron chi connectivity index (χ4n) is 2.50. The monoisotopic (exact) mass is 379 g/mol. The van der Waals surface area contributed by atoms with Crippen molar-refractivity contribution in [3.8, 4) is 10.8 Å². The van der Waals surface area contributed by atoms with Crippen LogP contribution in [-0.2, 0) is 6.54 Å². The van der Waals surface area contributed by atoms with E-state index in [1.54, 1.807) is 42.6 Å². The summed E-state index contributed by atoms with van der Waals surface area (Å²) in [6, 6.07) is 16.6. The zero-order valence-corrected chi connectivity index (χ0v) is 14.9. The van der Waals surface area contributed by atoms with Gasteiger partial charge in [0.2, 0.25) is 0 Å². The highest BCUT2D eigenvalue weighted by Crippen LogP contribution is 2.29. The molecule has 134 valence electrons. The molecule has 1 amide bonds. The number of nitrogens with one attached hydrogen (secondary N) is 1. The van der Waals surface area contributed by atoms with Crippen LogP contribution in [0.3, 0.4) is 0 Å². The molecule has 1 aromatic carbocycles. The topological polar surface area (TPSA) is 64.1 Å². The van der Waals surface area contributed by atoms with Crippen molar-refractivity contribution in [2.24, 2.45) is 0 Å². The third kappa shape index (κ3) is 4.09. The SMILES string of the molecule is O=C(NCc1ccc(Oc2cccc(F)c2)s1)c1ccc2ncccc2n1. The van der Waals surface area contributed by atoms with Gasteiger partial charge in [0.05, 0.1) is 17.6 Å². The first-order valence-corrected chi connectivity index (χ1v) is 9.01. The Labute approximate surface area is 158 Å². The first-order valence-electron chi connectivity index (χ1n) is 8.19. The molecular formula is C20H14FN3O2S. The van der Waals surface area contributed by atoms with E-state index >= 15 is 0 Å². The number of benzene rings is 1. The minimum absolute atomic E-state index is 0.262. The number of ether oxygens (including phenoxy) is 1. The fraction of sp³-hybridized carbons (Fsp3) is 0.0500. The zero-order valence-electron chi connectivity index (χ0n) is 14.1. The molecule has 0 saturated heterocycles. The lowest BCUT2D eigenvalue weighted by Gasteiger charge is -2.04. The van der Waals surface area contributed by atoms with Gasteiger partial charge in [0.25, 0.3) is 5.91 Å². The number of pyridine rings is 2. The molecule has 0 spiro atoms. The van der Waals surface area contributed by atoms with E-state index in [0.717, 1.165) is 10.4 Å². The summed E-state index contributed by atoms with van der Waals surface area (Å²) in [5.74, 6) is -0.183. The molecule has 27 heavy (non-hydrogen) atoms. The van der Waals surface area contributed by atoms with Crippen molar-refractivity contribution in [3.63, 3.8) is 0 Å². The Balaban J connectivity index is 1.39. The summed E-state index contributed by atoms with van der Waals surface area (Å²) >= 11 is 1.38. The van der Waals surface area contributed by atoms with Crippen LogP contribution in [0.2, 0.25) is 0 Å². The summed E-state index contributed by atoms with van der Waals surface area (Å²) in [7, 11) is 0. The lowest BCUT2D eigenvalue weighted by molar-refractivity contribution is 0.0946. The highest BCUT2D eigenvalue weighted by Gasteiger charge is 2.10. The van der Waals surface area contributed by atoms with Crippen molar-refractivity contribution in [1.29, 1.82) is 0 Å². The smallest absolute Gasteiger partial charge is 0.270 e. The first kappa shape index (κ1) is 17.1. The molecule has 0 aliphatic heterocycles. The number of hydrogen-bond acceptors (Lipinski definition) is 5. The molecule has 3 heterocycles. The second-order valence-corrected chi connectivity index (χ2v) is 6.83. The van der Waals surface area contributed by atoms with E-state index in [9.17, 15) is 9.18 Å². The average molecular weight is 379 g/mol. The number of hydrogen-bond donors (Lipinski definition) is 1. The van der Waals surface area contributed by atoms with E-state index in [1.807, 2.05) is 12.1 Å². The maximum absolute atomic E-state index is 13.2. The first-order chi connectivity index (χ1) is 13.2. The van der Waals surface area contributed by atoms with E-state index in [0.29, 0.717) is 28.6 Å². The Morgan fingerprint density at radius 1 is 1.07 bits per heavy atom. The van der Waals surface area contributed by atoms with Gasteiger partial charge in [-0.25, -0.2) is 9.37 Å². The predicted octanol–water partition coefficient (Wildman–Crippen LogP) is 4.55. The van der Waals surface area contributed by atoms with Gasteiger partial charge in [-0.15, -0.1) is 11.3 Å². The molecule has 0 aliphatic carbocycles. The number of thiophene rings is 1. The van der Waals surface area contributed by atoms with E-state index in [1.165, 1.54) is 23.5 Å². The molecule has 3 aromatic heterocycles. The quantitative estimate of drug-likeness (QED) is 0.552. The predicted molar refractivity (Wildman–Crippen MR) is 102 cm³/mol. The molecule has 0 radical (unpaired) electrons. The van der Waals surface area contributed by atoms with E-state index in [2.05, 4.69) is 15.3 Å². The number of amides is 1. The molecule has 0 saturated carbocycles. The number of halogens is 1.